The molecule has 0 aliphatic rings. The van der Waals surface area contributed by atoms with Gasteiger partial charge in [-0.15, -0.1) is 16.8 Å². The molecule has 0 aliphatic heterocycles. The summed E-state index contributed by atoms with van der Waals surface area (Å²) in [6, 6.07) is 12.4. The number of azo groups is 1. The molecule has 1 aromatic heterocycles. The molecule has 9 nitrogen and oxygen atoms in total. The maximum atomic E-state index is 12.0. The number of aromatic nitrogens is 1. The molecular weight excluding hydrogens is 376 g/mol. The van der Waals surface area contributed by atoms with Crippen LogP contribution < -0.4 is 5.32 Å². The number of carboxylic acid groups (broad SMARTS) is 1. The van der Waals surface area contributed by atoms with Gasteiger partial charge >= 0.3 is 17.8 Å². The van der Waals surface area contributed by atoms with Crippen molar-refractivity contribution in [1.82, 2.24) is 4.57 Å². The number of para-hydroxylation sites is 1. The van der Waals surface area contributed by atoms with E-state index in [2.05, 4.69) is 22.1 Å². The quantitative estimate of drug-likeness (QED) is 0.347. The van der Waals surface area contributed by atoms with Gasteiger partial charge in [0.1, 0.15) is 0 Å². The SMILES string of the molecule is C=CCn1c(O)c(N=NC(=O)C(=O)Nc2cccc(C(=O)O)c2)c2ccccc21. The summed E-state index contributed by atoms with van der Waals surface area (Å²) in [7, 11) is 0. The van der Waals surface area contributed by atoms with E-state index in [-0.39, 0.29) is 22.8 Å². The van der Waals surface area contributed by atoms with E-state index in [1.165, 1.54) is 24.3 Å². The first-order valence-corrected chi connectivity index (χ1v) is 8.44. The molecule has 146 valence electrons. The number of anilines is 1. The third kappa shape index (κ3) is 4.03. The Morgan fingerprint density at radius 2 is 1.90 bits per heavy atom. The zero-order valence-corrected chi connectivity index (χ0v) is 15.1. The molecule has 0 aliphatic carbocycles. The fourth-order valence-corrected chi connectivity index (χ4v) is 2.74. The molecule has 2 aromatic carbocycles. The van der Waals surface area contributed by atoms with E-state index < -0.39 is 17.8 Å². The molecule has 3 aromatic rings. The van der Waals surface area contributed by atoms with Crippen molar-refractivity contribution in [3.05, 3.63) is 66.7 Å². The lowest BCUT2D eigenvalue weighted by Gasteiger charge is -2.03. The summed E-state index contributed by atoms with van der Waals surface area (Å²) in [5.41, 5.74) is 0.804. The molecule has 0 unspecified atom stereocenters. The Kier molecular flexibility index (Phi) is 5.49. The summed E-state index contributed by atoms with van der Waals surface area (Å²) in [6.45, 7) is 3.95. The topological polar surface area (TPSA) is 133 Å². The molecule has 3 rings (SSSR count). The average molecular weight is 392 g/mol. The van der Waals surface area contributed by atoms with Crippen molar-refractivity contribution in [2.24, 2.45) is 10.2 Å². The number of allylic oxidation sites excluding steroid dienone is 1. The van der Waals surface area contributed by atoms with E-state index in [0.29, 0.717) is 17.4 Å². The number of hydrogen-bond acceptors (Lipinski definition) is 5. The van der Waals surface area contributed by atoms with Crippen LogP contribution in [0.5, 0.6) is 5.88 Å². The third-order valence-electron chi connectivity index (χ3n) is 4.03. The van der Waals surface area contributed by atoms with Gasteiger partial charge in [0.15, 0.2) is 5.69 Å². The zero-order valence-electron chi connectivity index (χ0n) is 15.1. The fourth-order valence-electron chi connectivity index (χ4n) is 2.74. The minimum absolute atomic E-state index is 0.0446. The molecule has 0 atom stereocenters. The highest BCUT2D eigenvalue weighted by molar-refractivity contribution is 6.40. The molecule has 0 bridgehead atoms. The first kappa shape index (κ1) is 19.5. The molecule has 9 heteroatoms. The zero-order chi connectivity index (χ0) is 21.0. The van der Waals surface area contributed by atoms with Gasteiger partial charge in [0.05, 0.1) is 11.1 Å². The van der Waals surface area contributed by atoms with Crippen molar-refractivity contribution < 1.29 is 24.6 Å². The molecule has 2 amide bonds. The van der Waals surface area contributed by atoms with Gasteiger partial charge in [0, 0.05) is 17.6 Å². The predicted octanol–water partition coefficient (Wildman–Crippen LogP) is 3.48. The second-order valence-electron chi connectivity index (χ2n) is 5.93. The summed E-state index contributed by atoms with van der Waals surface area (Å²) >= 11 is 0. The Morgan fingerprint density at radius 1 is 1.14 bits per heavy atom. The van der Waals surface area contributed by atoms with Crippen molar-refractivity contribution in [1.29, 1.82) is 0 Å². The highest BCUT2D eigenvalue weighted by Gasteiger charge is 2.18. The van der Waals surface area contributed by atoms with Crippen molar-refractivity contribution in [2.45, 2.75) is 6.54 Å². The Hall–Kier alpha value is -4.27. The van der Waals surface area contributed by atoms with Gasteiger partial charge in [-0.25, -0.2) is 4.79 Å². The van der Waals surface area contributed by atoms with Crippen LogP contribution in [0, 0.1) is 0 Å². The van der Waals surface area contributed by atoms with Crippen molar-refractivity contribution in [2.75, 3.05) is 5.32 Å². The van der Waals surface area contributed by atoms with Crippen molar-refractivity contribution in [3.8, 4) is 5.88 Å². The summed E-state index contributed by atoms with van der Waals surface area (Å²) in [4.78, 5) is 35.0. The van der Waals surface area contributed by atoms with Crippen LogP contribution in [0.3, 0.4) is 0 Å². The van der Waals surface area contributed by atoms with Crippen LogP contribution >= 0.6 is 0 Å². The number of carboxylic acids is 1. The van der Waals surface area contributed by atoms with Crippen LogP contribution in [0.1, 0.15) is 10.4 Å². The Balaban J connectivity index is 1.83. The highest BCUT2D eigenvalue weighted by atomic mass is 16.4. The van der Waals surface area contributed by atoms with Gasteiger partial charge in [0.25, 0.3) is 0 Å². The Morgan fingerprint density at radius 3 is 2.62 bits per heavy atom. The summed E-state index contributed by atoms with van der Waals surface area (Å²) in [5, 5.41) is 29.3. The number of rotatable bonds is 5. The lowest BCUT2D eigenvalue weighted by Crippen LogP contribution is -2.20. The summed E-state index contributed by atoms with van der Waals surface area (Å²) in [6.07, 6.45) is 1.59. The van der Waals surface area contributed by atoms with E-state index >= 15 is 0 Å². The number of fused-ring (bicyclic) bond motifs is 1. The molecule has 0 saturated carbocycles. The van der Waals surface area contributed by atoms with Gasteiger partial charge in [0.2, 0.25) is 5.88 Å². The van der Waals surface area contributed by atoms with E-state index in [4.69, 9.17) is 5.11 Å². The fraction of sp³-hybridized carbons (Fsp3) is 0.0500. The molecule has 0 spiro atoms. The Bertz CT molecular complexity index is 1160. The van der Waals surface area contributed by atoms with E-state index in [1.807, 2.05) is 0 Å². The van der Waals surface area contributed by atoms with E-state index in [9.17, 15) is 19.5 Å². The third-order valence-corrected chi connectivity index (χ3v) is 4.03. The van der Waals surface area contributed by atoms with Crippen LogP contribution in [-0.4, -0.2) is 32.6 Å². The first-order chi connectivity index (χ1) is 13.9. The smallest absolute Gasteiger partial charge is 0.353 e. The number of hydrogen-bond donors (Lipinski definition) is 3. The number of carbonyl (C=O) groups excluding carboxylic acids is 2. The lowest BCUT2D eigenvalue weighted by molar-refractivity contribution is -0.134. The Labute approximate surface area is 164 Å². The maximum Gasteiger partial charge on any atom is 0.353 e. The van der Waals surface area contributed by atoms with E-state index in [1.54, 1.807) is 34.9 Å². The van der Waals surface area contributed by atoms with Crippen LogP contribution in [0.15, 0.2) is 71.4 Å². The van der Waals surface area contributed by atoms with E-state index in [0.717, 1.165) is 0 Å². The number of amides is 2. The molecule has 0 radical (unpaired) electrons. The standard InChI is InChI=1S/C20H16N4O5/c1-2-10-24-15-9-4-3-8-14(15)16(19(24)27)22-23-18(26)17(25)21-13-7-5-6-12(11-13)20(28)29/h2-9,11,27H,1,10H2,(H,21,25)(H,28,29). The molecular formula is C20H16N4O5. The minimum Gasteiger partial charge on any atom is -0.493 e. The highest BCUT2D eigenvalue weighted by Crippen LogP contribution is 2.38. The maximum absolute atomic E-state index is 12.0. The number of carbonyl (C=O) groups is 3. The first-order valence-electron chi connectivity index (χ1n) is 8.44. The number of benzene rings is 2. The normalized spacial score (nSPS) is 10.9. The molecule has 29 heavy (non-hydrogen) atoms. The molecule has 0 fully saturated rings. The van der Waals surface area contributed by atoms with Crippen molar-refractivity contribution in [3.63, 3.8) is 0 Å². The predicted molar refractivity (Wildman–Crippen MR) is 105 cm³/mol. The number of nitrogens with zero attached hydrogens (tertiary/aromatic N) is 3. The second-order valence-corrected chi connectivity index (χ2v) is 5.93. The van der Waals surface area contributed by atoms with Crippen LogP contribution in [0.2, 0.25) is 0 Å². The number of nitrogens with one attached hydrogen (secondary N) is 1. The van der Waals surface area contributed by atoms with Gasteiger partial charge in [-0.2, -0.15) is 0 Å². The lowest BCUT2D eigenvalue weighted by atomic mass is 10.2. The van der Waals surface area contributed by atoms with Crippen LogP contribution in [0.25, 0.3) is 10.9 Å². The number of aromatic hydroxyl groups is 1. The largest absolute Gasteiger partial charge is 0.493 e. The summed E-state index contributed by atoms with van der Waals surface area (Å²) < 4.78 is 1.54. The molecule has 0 saturated heterocycles. The van der Waals surface area contributed by atoms with Gasteiger partial charge < -0.3 is 20.1 Å². The summed E-state index contributed by atoms with van der Waals surface area (Å²) in [5.74, 6) is -3.67. The average Bonchev–Trinajstić information content (AvgIpc) is 2.98. The molecule has 1 heterocycles. The van der Waals surface area contributed by atoms with Crippen LogP contribution in [0.4, 0.5) is 11.4 Å². The van der Waals surface area contributed by atoms with Gasteiger partial charge in [-0.05, 0) is 24.3 Å². The molecule has 3 N–H and O–H groups in total. The van der Waals surface area contributed by atoms with Crippen LogP contribution in [-0.2, 0) is 16.1 Å². The van der Waals surface area contributed by atoms with Gasteiger partial charge in [-0.3, -0.25) is 9.59 Å². The van der Waals surface area contributed by atoms with Crippen molar-refractivity contribution >= 4 is 40.1 Å². The minimum atomic E-state index is -1.20. The second kappa shape index (κ2) is 8.17. The monoisotopic (exact) mass is 392 g/mol. The number of aromatic carboxylic acids is 1. The van der Waals surface area contributed by atoms with Gasteiger partial charge in [-0.1, -0.05) is 30.3 Å².